The third-order valence-electron chi connectivity index (χ3n) is 5.45. The van der Waals surface area contributed by atoms with Crippen molar-refractivity contribution in [2.24, 2.45) is 0 Å². The van der Waals surface area contributed by atoms with Crippen molar-refractivity contribution in [2.75, 3.05) is 37.6 Å². The van der Waals surface area contributed by atoms with Gasteiger partial charge >= 0.3 is 0 Å². The van der Waals surface area contributed by atoms with Gasteiger partial charge in [0, 0.05) is 31.9 Å². The number of carbonyl (C=O) groups excluding carboxylic acids is 3. The van der Waals surface area contributed by atoms with Crippen molar-refractivity contribution in [1.82, 2.24) is 9.80 Å². The van der Waals surface area contributed by atoms with E-state index in [0.717, 1.165) is 66.7 Å². The Balaban J connectivity index is 1.67. The van der Waals surface area contributed by atoms with Gasteiger partial charge < -0.3 is 9.80 Å². The van der Waals surface area contributed by atoms with Crippen molar-refractivity contribution in [3.63, 3.8) is 0 Å². The zero-order valence-electron chi connectivity index (χ0n) is 17.2. The van der Waals surface area contributed by atoms with Crippen molar-refractivity contribution < 1.29 is 14.4 Å². The molecule has 0 spiro atoms. The monoisotopic (exact) mass is 415 g/mol. The van der Waals surface area contributed by atoms with Crippen LogP contribution < -0.4 is 4.90 Å². The highest BCUT2D eigenvalue weighted by Crippen LogP contribution is 2.32. The molecule has 0 N–H and O–H groups in total. The minimum Gasteiger partial charge on any atom is -0.372 e. The summed E-state index contributed by atoms with van der Waals surface area (Å²) < 4.78 is 0. The molecule has 6 nitrogen and oxygen atoms in total. The van der Waals surface area contributed by atoms with Crippen molar-refractivity contribution >= 4 is 40.6 Å². The molecule has 2 aliphatic rings. The quantitative estimate of drug-likeness (QED) is 0.658. The second kappa shape index (κ2) is 9.96. The molecule has 1 aromatic carbocycles. The topological polar surface area (TPSA) is 60.9 Å². The van der Waals surface area contributed by atoms with Gasteiger partial charge in [-0.15, -0.1) is 0 Å². The normalized spacial score (nSPS) is 19.0. The first-order chi connectivity index (χ1) is 14.0. The zero-order valence-corrected chi connectivity index (χ0v) is 18.0. The fraction of sp³-hybridized carbons (Fsp3) is 0.500. The molecular weight excluding hydrogens is 386 g/mol. The number of amides is 3. The van der Waals surface area contributed by atoms with Gasteiger partial charge in [-0.05, 0) is 62.2 Å². The van der Waals surface area contributed by atoms with Crippen LogP contribution in [0.25, 0.3) is 6.08 Å². The maximum Gasteiger partial charge on any atom is 0.294 e. The molecule has 0 saturated carbocycles. The maximum absolute atomic E-state index is 12.7. The van der Waals surface area contributed by atoms with E-state index in [9.17, 15) is 14.4 Å². The predicted octanol–water partition coefficient (Wildman–Crippen LogP) is 3.97. The third-order valence-corrected chi connectivity index (χ3v) is 6.35. The average Bonchev–Trinajstić information content (AvgIpc) is 2.92. The van der Waals surface area contributed by atoms with Crippen LogP contribution in [-0.2, 0) is 9.59 Å². The lowest BCUT2D eigenvalue weighted by Gasteiger charge is -2.22. The van der Waals surface area contributed by atoms with Gasteiger partial charge in [-0.3, -0.25) is 19.3 Å². The number of anilines is 1. The van der Waals surface area contributed by atoms with E-state index in [1.165, 1.54) is 0 Å². The number of imide groups is 1. The van der Waals surface area contributed by atoms with Gasteiger partial charge in [-0.2, -0.15) is 0 Å². The lowest BCUT2D eigenvalue weighted by Crippen LogP contribution is -2.42. The lowest BCUT2D eigenvalue weighted by molar-refractivity contribution is -0.135. The van der Waals surface area contributed by atoms with E-state index in [1.54, 1.807) is 11.0 Å². The van der Waals surface area contributed by atoms with E-state index in [-0.39, 0.29) is 23.6 Å². The minimum absolute atomic E-state index is 0.140. The van der Waals surface area contributed by atoms with Crippen LogP contribution in [0.15, 0.2) is 29.2 Å². The van der Waals surface area contributed by atoms with Gasteiger partial charge in [0.05, 0.1) is 4.91 Å². The van der Waals surface area contributed by atoms with Crippen LogP contribution in [0.3, 0.4) is 0 Å². The van der Waals surface area contributed by atoms with Crippen LogP contribution in [-0.4, -0.2) is 59.6 Å². The number of nitrogens with zero attached hydrogens (tertiary/aromatic N) is 3. The van der Waals surface area contributed by atoms with Gasteiger partial charge in [0.15, 0.2) is 0 Å². The third kappa shape index (κ3) is 5.21. The smallest absolute Gasteiger partial charge is 0.294 e. The highest BCUT2D eigenvalue weighted by Gasteiger charge is 2.37. The first kappa shape index (κ1) is 21.4. The van der Waals surface area contributed by atoms with E-state index in [2.05, 4.69) is 18.7 Å². The SMILES string of the molecule is CCN(CC)c1ccc(C=C2SC(=O)N(CC(=O)N3CCCCCC3)C2=O)cc1. The molecule has 0 aromatic heterocycles. The molecule has 2 heterocycles. The molecule has 156 valence electrons. The molecule has 3 rings (SSSR count). The van der Waals surface area contributed by atoms with Crippen molar-refractivity contribution in [3.8, 4) is 0 Å². The molecule has 0 radical (unpaired) electrons. The molecule has 2 aliphatic heterocycles. The number of thioether (sulfide) groups is 1. The summed E-state index contributed by atoms with van der Waals surface area (Å²) in [6.45, 7) is 7.34. The van der Waals surface area contributed by atoms with Crippen molar-refractivity contribution in [3.05, 3.63) is 34.7 Å². The van der Waals surface area contributed by atoms with Gasteiger partial charge in [-0.1, -0.05) is 25.0 Å². The Bertz CT molecular complexity index is 779. The summed E-state index contributed by atoms with van der Waals surface area (Å²) in [5.41, 5.74) is 1.99. The molecule has 0 atom stereocenters. The Morgan fingerprint density at radius 3 is 2.24 bits per heavy atom. The van der Waals surface area contributed by atoms with Gasteiger partial charge in [0.25, 0.3) is 11.1 Å². The summed E-state index contributed by atoms with van der Waals surface area (Å²) in [7, 11) is 0. The Labute approximate surface area is 176 Å². The van der Waals surface area contributed by atoms with Gasteiger partial charge in [0.2, 0.25) is 5.91 Å². The van der Waals surface area contributed by atoms with Gasteiger partial charge in [-0.25, -0.2) is 0 Å². The van der Waals surface area contributed by atoms with Crippen LogP contribution in [0, 0.1) is 0 Å². The Kier molecular flexibility index (Phi) is 7.36. The molecule has 2 saturated heterocycles. The fourth-order valence-electron chi connectivity index (χ4n) is 3.71. The van der Waals surface area contributed by atoms with Crippen LogP contribution in [0.4, 0.5) is 10.5 Å². The highest BCUT2D eigenvalue weighted by atomic mass is 32.2. The van der Waals surface area contributed by atoms with E-state index in [4.69, 9.17) is 0 Å². The first-order valence-corrected chi connectivity index (χ1v) is 11.2. The fourth-order valence-corrected chi connectivity index (χ4v) is 4.55. The second-order valence-electron chi connectivity index (χ2n) is 7.33. The highest BCUT2D eigenvalue weighted by molar-refractivity contribution is 8.18. The maximum atomic E-state index is 12.7. The number of rotatable bonds is 6. The molecule has 0 unspecified atom stereocenters. The number of hydrogen-bond acceptors (Lipinski definition) is 5. The first-order valence-electron chi connectivity index (χ1n) is 10.4. The van der Waals surface area contributed by atoms with Crippen LogP contribution in [0.5, 0.6) is 0 Å². The number of hydrogen-bond donors (Lipinski definition) is 0. The zero-order chi connectivity index (χ0) is 20.8. The molecular formula is C22H29N3O3S. The van der Waals surface area contributed by atoms with E-state index < -0.39 is 0 Å². The van der Waals surface area contributed by atoms with E-state index >= 15 is 0 Å². The summed E-state index contributed by atoms with van der Waals surface area (Å²) in [5.74, 6) is -0.519. The molecule has 2 fully saturated rings. The van der Waals surface area contributed by atoms with Crippen LogP contribution >= 0.6 is 11.8 Å². The molecule has 3 amide bonds. The molecule has 0 bridgehead atoms. The van der Waals surface area contributed by atoms with E-state index in [0.29, 0.717) is 18.0 Å². The molecule has 29 heavy (non-hydrogen) atoms. The van der Waals surface area contributed by atoms with Crippen LogP contribution in [0.2, 0.25) is 0 Å². The Morgan fingerprint density at radius 2 is 1.66 bits per heavy atom. The lowest BCUT2D eigenvalue weighted by atomic mass is 10.1. The summed E-state index contributed by atoms with van der Waals surface area (Å²) in [4.78, 5) is 43.1. The van der Waals surface area contributed by atoms with Crippen molar-refractivity contribution in [2.45, 2.75) is 39.5 Å². The van der Waals surface area contributed by atoms with Crippen molar-refractivity contribution in [1.29, 1.82) is 0 Å². The number of benzene rings is 1. The largest absolute Gasteiger partial charge is 0.372 e. The Morgan fingerprint density at radius 1 is 1.03 bits per heavy atom. The average molecular weight is 416 g/mol. The minimum atomic E-state index is -0.379. The summed E-state index contributed by atoms with van der Waals surface area (Å²) in [6, 6.07) is 7.94. The number of carbonyl (C=O) groups is 3. The summed E-state index contributed by atoms with van der Waals surface area (Å²) in [6.07, 6.45) is 5.95. The summed E-state index contributed by atoms with van der Waals surface area (Å²) >= 11 is 0.906. The summed E-state index contributed by atoms with van der Waals surface area (Å²) in [5, 5.41) is -0.371. The van der Waals surface area contributed by atoms with E-state index in [1.807, 2.05) is 24.3 Å². The second-order valence-corrected chi connectivity index (χ2v) is 8.32. The standard InChI is InChI=1S/C22H29N3O3S/c1-3-23(4-2)18-11-9-17(10-12-18)15-19-21(27)25(22(28)29-19)16-20(26)24-13-7-5-6-8-14-24/h9-12,15H,3-8,13-14,16H2,1-2H3. The molecule has 1 aromatic rings. The number of likely N-dealkylation sites (tertiary alicyclic amines) is 1. The molecule has 0 aliphatic carbocycles. The molecule has 7 heteroatoms. The van der Waals surface area contributed by atoms with Gasteiger partial charge in [0.1, 0.15) is 6.54 Å². The predicted molar refractivity (Wildman–Crippen MR) is 118 cm³/mol. The van der Waals surface area contributed by atoms with Crippen LogP contribution in [0.1, 0.15) is 45.1 Å². The Hall–Kier alpha value is -2.28.